The third-order valence-corrected chi connectivity index (χ3v) is 7.45. The van der Waals surface area contributed by atoms with Crippen molar-refractivity contribution < 1.29 is 4.74 Å². The van der Waals surface area contributed by atoms with Gasteiger partial charge in [0, 0.05) is 37.4 Å². The van der Waals surface area contributed by atoms with Crippen LogP contribution in [0.1, 0.15) is 67.7 Å². The van der Waals surface area contributed by atoms with Gasteiger partial charge < -0.3 is 20.3 Å². The third kappa shape index (κ3) is 4.15. The number of morpholine rings is 1. The zero-order valence-electron chi connectivity index (χ0n) is 18.3. The van der Waals surface area contributed by atoms with Gasteiger partial charge in [-0.15, -0.1) is 0 Å². The SMILES string of the molecule is c1cc(C2CCCCC2)ccc1Nc1nc(N2CCOC(C3CC3)C2)nc2c1CNC2. The molecular weight excluding hydrogens is 386 g/mol. The summed E-state index contributed by atoms with van der Waals surface area (Å²) in [6.07, 6.45) is 9.76. The summed E-state index contributed by atoms with van der Waals surface area (Å²) in [7, 11) is 0. The van der Waals surface area contributed by atoms with Crippen LogP contribution in [0.25, 0.3) is 0 Å². The Hall–Kier alpha value is -2.18. The van der Waals surface area contributed by atoms with Gasteiger partial charge in [-0.3, -0.25) is 0 Å². The number of benzene rings is 1. The fraction of sp³-hybridized carbons (Fsp3) is 0.600. The molecule has 0 amide bonds. The molecule has 1 aromatic carbocycles. The molecule has 6 heteroatoms. The van der Waals surface area contributed by atoms with Crippen LogP contribution in [0, 0.1) is 5.92 Å². The smallest absolute Gasteiger partial charge is 0.227 e. The zero-order chi connectivity index (χ0) is 20.6. The second-order valence-electron chi connectivity index (χ2n) is 9.68. The van der Waals surface area contributed by atoms with Gasteiger partial charge in [-0.25, -0.2) is 4.98 Å². The first-order valence-corrected chi connectivity index (χ1v) is 12.2. The van der Waals surface area contributed by atoms with E-state index in [0.29, 0.717) is 6.10 Å². The lowest BCUT2D eigenvalue weighted by Gasteiger charge is -2.33. The molecule has 0 spiro atoms. The number of aromatic nitrogens is 2. The van der Waals surface area contributed by atoms with E-state index in [9.17, 15) is 0 Å². The number of anilines is 3. The fourth-order valence-corrected chi connectivity index (χ4v) is 5.42. The average Bonchev–Trinajstić information content (AvgIpc) is 3.57. The number of nitrogens with zero attached hydrogens (tertiary/aromatic N) is 3. The van der Waals surface area contributed by atoms with Crippen molar-refractivity contribution in [2.45, 2.75) is 70.1 Å². The van der Waals surface area contributed by atoms with Gasteiger partial charge in [0.1, 0.15) is 5.82 Å². The first kappa shape index (κ1) is 19.5. The lowest BCUT2D eigenvalue weighted by Crippen LogP contribution is -2.44. The normalized spacial score (nSPS) is 24.3. The van der Waals surface area contributed by atoms with Gasteiger partial charge in [-0.1, -0.05) is 31.4 Å². The molecule has 2 aliphatic heterocycles. The first-order chi connectivity index (χ1) is 15.3. The van der Waals surface area contributed by atoms with Gasteiger partial charge in [-0.05, 0) is 55.2 Å². The Kier molecular flexibility index (Phi) is 5.28. The van der Waals surface area contributed by atoms with E-state index >= 15 is 0 Å². The summed E-state index contributed by atoms with van der Waals surface area (Å²) in [5.41, 5.74) is 4.92. The highest BCUT2D eigenvalue weighted by Crippen LogP contribution is 2.37. The van der Waals surface area contributed by atoms with E-state index in [4.69, 9.17) is 14.7 Å². The molecule has 3 fully saturated rings. The number of rotatable bonds is 5. The summed E-state index contributed by atoms with van der Waals surface area (Å²) in [4.78, 5) is 12.2. The van der Waals surface area contributed by atoms with Crippen molar-refractivity contribution in [2.24, 2.45) is 5.92 Å². The molecule has 1 atom stereocenters. The quantitative estimate of drug-likeness (QED) is 0.745. The predicted octanol–water partition coefficient (Wildman–Crippen LogP) is 4.49. The Morgan fingerprint density at radius 3 is 2.61 bits per heavy atom. The van der Waals surface area contributed by atoms with Crippen molar-refractivity contribution in [3.05, 3.63) is 41.1 Å². The van der Waals surface area contributed by atoms with Crippen LogP contribution in [-0.4, -0.2) is 35.8 Å². The Morgan fingerprint density at radius 2 is 1.81 bits per heavy atom. The number of fused-ring (bicyclic) bond motifs is 1. The maximum Gasteiger partial charge on any atom is 0.227 e. The van der Waals surface area contributed by atoms with Gasteiger partial charge in [0.05, 0.1) is 18.4 Å². The number of hydrogen-bond donors (Lipinski definition) is 2. The van der Waals surface area contributed by atoms with E-state index < -0.39 is 0 Å². The molecule has 164 valence electrons. The van der Waals surface area contributed by atoms with Gasteiger partial charge in [0.15, 0.2) is 0 Å². The van der Waals surface area contributed by atoms with Crippen molar-refractivity contribution >= 4 is 17.5 Å². The predicted molar refractivity (Wildman–Crippen MR) is 123 cm³/mol. The van der Waals surface area contributed by atoms with Crippen LogP contribution in [0.5, 0.6) is 0 Å². The Balaban J connectivity index is 1.22. The van der Waals surface area contributed by atoms with E-state index in [1.807, 2.05) is 0 Å². The minimum Gasteiger partial charge on any atom is -0.374 e. The van der Waals surface area contributed by atoms with Crippen molar-refractivity contribution in [3.8, 4) is 0 Å². The largest absolute Gasteiger partial charge is 0.374 e. The van der Waals surface area contributed by atoms with E-state index in [1.54, 1.807) is 0 Å². The van der Waals surface area contributed by atoms with Crippen LogP contribution < -0.4 is 15.5 Å². The van der Waals surface area contributed by atoms with E-state index in [2.05, 4.69) is 39.8 Å². The summed E-state index contributed by atoms with van der Waals surface area (Å²) in [5.74, 6) is 3.27. The van der Waals surface area contributed by atoms with Crippen LogP contribution in [0.3, 0.4) is 0 Å². The molecule has 6 nitrogen and oxygen atoms in total. The summed E-state index contributed by atoms with van der Waals surface area (Å²) in [6.45, 7) is 4.19. The summed E-state index contributed by atoms with van der Waals surface area (Å²) in [6, 6.07) is 9.05. The maximum absolute atomic E-state index is 6.01. The fourth-order valence-electron chi connectivity index (χ4n) is 5.42. The first-order valence-electron chi connectivity index (χ1n) is 12.2. The Morgan fingerprint density at radius 1 is 0.968 bits per heavy atom. The zero-order valence-corrected chi connectivity index (χ0v) is 18.3. The lowest BCUT2D eigenvalue weighted by atomic mass is 9.84. The van der Waals surface area contributed by atoms with Crippen LogP contribution >= 0.6 is 0 Å². The van der Waals surface area contributed by atoms with Crippen molar-refractivity contribution in [1.82, 2.24) is 15.3 Å². The van der Waals surface area contributed by atoms with Crippen LogP contribution in [-0.2, 0) is 17.8 Å². The number of ether oxygens (including phenoxy) is 1. The molecule has 4 aliphatic rings. The highest BCUT2D eigenvalue weighted by atomic mass is 16.5. The number of hydrogen-bond acceptors (Lipinski definition) is 6. The second kappa shape index (κ2) is 8.40. The molecule has 3 heterocycles. The van der Waals surface area contributed by atoms with Crippen molar-refractivity contribution in [3.63, 3.8) is 0 Å². The second-order valence-corrected chi connectivity index (χ2v) is 9.68. The Labute approximate surface area is 184 Å². The van der Waals surface area contributed by atoms with E-state index in [1.165, 1.54) is 56.1 Å². The van der Waals surface area contributed by atoms with Crippen LogP contribution in [0.2, 0.25) is 0 Å². The number of nitrogens with one attached hydrogen (secondary N) is 2. The monoisotopic (exact) mass is 419 g/mol. The van der Waals surface area contributed by atoms with Gasteiger partial charge in [0.2, 0.25) is 5.95 Å². The van der Waals surface area contributed by atoms with E-state index in [-0.39, 0.29) is 0 Å². The summed E-state index contributed by atoms with van der Waals surface area (Å²) in [5, 5.41) is 7.06. The standard InChI is InChI=1S/C25H33N5O/c1-2-4-17(5-3-1)18-8-10-20(11-9-18)27-24-21-14-26-15-22(21)28-25(29-24)30-12-13-31-23(16-30)19-6-7-19/h8-11,17,19,23,26H,1-7,12-16H2,(H,27,28,29). The van der Waals surface area contributed by atoms with Crippen molar-refractivity contribution in [1.29, 1.82) is 0 Å². The molecule has 1 unspecified atom stereocenters. The lowest BCUT2D eigenvalue weighted by molar-refractivity contribution is 0.0258. The molecule has 2 N–H and O–H groups in total. The van der Waals surface area contributed by atoms with Gasteiger partial charge in [-0.2, -0.15) is 4.98 Å². The van der Waals surface area contributed by atoms with Crippen molar-refractivity contribution in [2.75, 3.05) is 29.9 Å². The van der Waals surface area contributed by atoms with Crippen LogP contribution in [0.4, 0.5) is 17.5 Å². The molecule has 1 saturated heterocycles. The van der Waals surface area contributed by atoms with Gasteiger partial charge in [0.25, 0.3) is 0 Å². The molecule has 2 aliphatic carbocycles. The third-order valence-electron chi connectivity index (χ3n) is 7.45. The molecule has 6 rings (SSSR count). The summed E-state index contributed by atoms with van der Waals surface area (Å²) >= 11 is 0. The average molecular weight is 420 g/mol. The summed E-state index contributed by atoms with van der Waals surface area (Å²) < 4.78 is 6.01. The minimum absolute atomic E-state index is 0.340. The van der Waals surface area contributed by atoms with Crippen LogP contribution in [0.15, 0.2) is 24.3 Å². The topological polar surface area (TPSA) is 62.3 Å². The van der Waals surface area contributed by atoms with E-state index in [0.717, 1.165) is 67.8 Å². The molecule has 1 aromatic heterocycles. The highest BCUT2D eigenvalue weighted by Gasteiger charge is 2.36. The molecule has 0 bridgehead atoms. The molecule has 2 aromatic rings. The minimum atomic E-state index is 0.340. The van der Waals surface area contributed by atoms with Gasteiger partial charge >= 0.3 is 0 Å². The highest BCUT2D eigenvalue weighted by molar-refractivity contribution is 5.63. The maximum atomic E-state index is 6.01. The molecule has 31 heavy (non-hydrogen) atoms. The molecule has 2 saturated carbocycles. The molecular formula is C25H33N5O. The molecule has 0 radical (unpaired) electrons. The Bertz CT molecular complexity index is 920.